The third-order valence-electron chi connectivity index (χ3n) is 0.167. The molecule has 0 amide bonds. The van der Waals surface area contributed by atoms with Crippen LogP contribution in [0.2, 0.25) is 0 Å². The SMILES string of the molecule is CCOP.Cl.Cl. The molecule has 0 aliphatic heterocycles. The lowest BCUT2D eigenvalue weighted by molar-refractivity contribution is 0.400. The number of hydrogen-bond donors (Lipinski definition) is 0. The van der Waals surface area contributed by atoms with Gasteiger partial charge in [0, 0.05) is 16.1 Å². The Balaban J connectivity index is -0.0000000450. The van der Waals surface area contributed by atoms with E-state index in [0.717, 1.165) is 6.61 Å². The summed E-state index contributed by atoms with van der Waals surface area (Å²) in [7, 11) is 2.16. The number of hydrogen-bond acceptors (Lipinski definition) is 1. The average Bonchev–Trinajstić information content (AvgIpc) is 1.37. The second-order valence-corrected chi connectivity index (χ2v) is 0.789. The monoisotopic (exact) mass is 150 g/mol. The quantitative estimate of drug-likeness (QED) is 0.517. The van der Waals surface area contributed by atoms with Crippen LogP contribution in [0.15, 0.2) is 0 Å². The lowest BCUT2D eigenvalue weighted by Crippen LogP contribution is -1.63. The molecule has 0 aromatic heterocycles. The van der Waals surface area contributed by atoms with Gasteiger partial charge in [-0.2, -0.15) is 0 Å². The van der Waals surface area contributed by atoms with Crippen LogP contribution in [0.1, 0.15) is 6.92 Å². The molecule has 1 atom stereocenters. The standard InChI is InChI=1S/C2H7OP.2ClH/c1-2-3-4;;/h2,4H2,1H3;2*1H. The van der Waals surface area contributed by atoms with Crippen LogP contribution < -0.4 is 0 Å². The van der Waals surface area contributed by atoms with Crippen molar-refractivity contribution in [1.29, 1.82) is 0 Å². The van der Waals surface area contributed by atoms with Gasteiger partial charge in [-0.25, -0.2) is 0 Å². The molecule has 0 saturated carbocycles. The van der Waals surface area contributed by atoms with E-state index >= 15 is 0 Å². The van der Waals surface area contributed by atoms with E-state index < -0.39 is 0 Å². The van der Waals surface area contributed by atoms with Gasteiger partial charge in [0.2, 0.25) is 0 Å². The maximum atomic E-state index is 4.46. The van der Waals surface area contributed by atoms with E-state index in [2.05, 4.69) is 14.0 Å². The summed E-state index contributed by atoms with van der Waals surface area (Å²) < 4.78 is 4.46. The molecule has 0 aliphatic carbocycles. The summed E-state index contributed by atoms with van der Waals surface area (Å²) in [6.45, 7) is 2.72. The fourth-order valence-corrected chi connectivity index (χ4v) is 0. The molecule has 0 N–H and O–H groups in total. The van der Waals surface area contributed by atoms with E-state index in [4.69, 9.17) is 0 Å². The molecule has 0 radical (unpaired) electrons. The van der Waals surface area contributed by atoms with E-state index in [9.17, 15) is 0 Å². The van der Waals surface area contributed by atoms with Crippen molar-refractivity contribution in [3.8, 4) is 0 Å². The Morgan fingerprint density at radius 1 is 1.50 bits per heavy atom. The minimum atomic E-state index is 0. The lowest BCUT2D eigenvalue weighted by atomic mass is 10.9. The van der Waals surface area contributed by atoms with Gasteiger partial charge in [-0.3, -0.25) is 0 Å². The van der Waals surface area contributed by atoms with Crippen molar-refractivity contribution in [3.05, 3.63) is 0 Å². The first-order valence-electron chi connectivity index (χ1n) is 1.23. The molecule has 0 heterocycles. The molecule has 4 heteroatoms. The normalized spacial score (nSPS) is 5.00. The third-order valence-corrected chi connectivity index (χ3v) is 0.500. The highest BCUT2D eigenvalue weighted by Gasteiger charge is 1.51. The molecule has 0 rings (SSSR count). The molecule has 0 aliphatic rings. The first-order valence-corrected chi connectivity index (χ1v) is 1.70. The largest absolute Gasteiger partial charge is 0.366 e. The van der Waals surface area contributed by atoms with Gasteiger partial charge >= 0.3 is 0 Å². The van der Waals surface area contributed by atoms with Crippen LogP contribution in [0.4, 0.5) is 0 Å². The van der Waals surface area contributed by atoms with Crippen LogP contribution in [0.25, 0.3) is 0 Å². The maximum absolute atomic E-state index is 4.46. The first-order chi connectivity index (χ1) is 1.91. The molecular formula is C2H9Cl2OP. The van der Waals surface area contributed by atoms with E-state index in [1.807, 2.05) is 6.92 Å². The van der Waals surface area contributed by atoms with Gasteiger partial charge in [-0.15, -0.1) is 24.8 Å². The Hall–Kier alpha value is 0.970. The third kappa shape index (κ3) is 20.2. The fourth-order valence-electron chi connectivity index (χ4n) is 0. The van der Waals surface area contributed by atoms with Gasteiger partial charge in [0.25, 0.3) is 0 Å². The average molecular weight is 151 g/mol. The summed E-state index contributed by atoms with van der Waals surface area (Å²) in [5.74, 6) is 0. The predicted octanol–water partition coefficient (Wildman–Crippen LogP) is 1.66. The van der Waals surface area contributed by atoms with Gasteiger partial charge in [0.15, 0.2) is 0 Å². The molecule has 0 aromatic rings. The van der Waals surface area contributed by atoms with E-state index in [-0.39, 0.29) is 24.8 Å². The van der Waals surface area contributed by atoms with E-state index in [1.165, 1.54) is 0 Å². The number of rotatable bonds is 1. The Morgan fingerprint density at radius 3 is 1.67 bits per heavy atom. The van der Waals surface area contributed by atoms with Gasteiger partial charge in [0.1, 0.15) is 0 Å². The van der Waals surface area contributed by atoms with Crippen LogP contribution >= 0.6 is 34.3 Å². The Labute approximate surface area is 52.9 Å². The molecule has 0 spiro atoms. The van der Waals surface area contributed by atoms with Crippen molar-refractivity contribution in [2.75, 3.05) is 6.61 Å². The minimum absolute atomic E-state index is 0. The minimum Gasteiger partial charge on any atom is -0.366 e. The zero-order chi connectivity index (χ0) is 3.41. The highest BCUT2D eigenvalue weighted by molar-refractivity contribution is 7.09. The zero-order valence-electron chi connectivity index (χ0n) is 3.51. The summed E-state index contributed by atoms with van der Waals surface area (Å²) in [5, 5.41) is 0. The van der Waals surface area contributed by atoms with Crippen molar-refractivity contribution in [2.24, 2.45) is 0 Å². The summed E-state index contributed by atoms with van der Waals surface area (Å²) in [5.41, 5.74) is 0. The van der Waals surface area contributed by atoms with Crippen LogP contribution in [-0.2, 0) is 4.52 Å². The highest BCUT2D eigenvalue weighted by Crippen LogP contribution is 1.77. The Morgan fingerprint density at radius 2 is 1.67 bits per heavy atom. The van der Waals surface area contributed by atoms with Crippen molar-refractivity contribution in [2.45, 2.75) is 6.92 Å². The van der Waals surface area contributed by atoms with Crippen LogP contribution in [0, 0.1) is 0 Å². The summed E-state index contributed by atoms with van der Waals surface area (Å²) in [4.78, 5) is 0. The number of halogens is 2. The first kappa shape index (κ1) is 15.8. The maximum Gasteiger partial charge on any atom is 0.0473 e. The summed E-state index contributed by atoms with van der Waals surface area (Å²) >= 11 is 0. The molecular weight excluding hydrogens is 142 g/mol. The fraction of sp³-hybridized carbons (Fsp3) is 1.00. The van der Waals surface area contributed by atoms with Crippen molar-refractivity contribution in [3.63, 3.8) is 0 Å². The Kier molecular flexibility index (Phi) is 43.9. The smallest absolute Gasteiger partial charge is 0.0473 e. The molecule has 1 unspecified atom stereocenters. The highest BCUT2D eigenvalue weighted by atomic mass is 35.5. The second kappa shape index (κ2) is 16.7. The molecule has 1 nitrogen and oxygen atoms in total. The Bertz CT molecular complexity index is 13.5. The molecule has 42 valence electrons. The van der Waals surface area contributed by atoms with Crippen molar-refractivity contribution >= 4 is 34.3 Å². The summed E-state index contributed by atoms with van der Waals surface area (Å²) in [6, 6.07) is 0. The van der Waals surface area contributed by atoms with Gasteiger partial charge in [0.05, 0.1) is 0 Å². The van der Waals surface area contributed by atoms with Crippen LogP contribution in [-0.4, -0.2) is 6.61 Å². The molecule has 0 fully saturated rings. The van der Waals surface area contributed by atoms with E-state index in [0.29, 0.717) is 0 Å². The van der Waals surface area contributed by atoms with Gasteiger partial charge in [-0.05, 0) is 6.92 Å². The van der Waals surface area contributed by atoms with Gasteiger partial charge in [-0.1, -0.05) is 0 Å². The molecule has 0 aromatic carbocycles. The zero-order valence-corrected chi connectivity index (χ0v) is 6.30. The molecule has 0 saturated heterocycles. The molecule has 6 heavy (non-hydrogen) atoms. The van der Waals surface area contributed by atoms with Crippen LogP contribution in [0.3, 0.4) is 0 Å². The van der Waals surface area contributed by atoms with Gasteiger partial charge < -0.3 is 4.52 Å². The second-order valence-electron chi connectivity index (χ2n) is 0.455. The molecule has 0 bridgehead atoms. The summed E-state index contributed by atoms with van der Waals surface area (Å²) in [6.07, 6.45) is 0. The van der Waals surface area contributed by atoms with Crippen molar-refractivity contribution in [1.82, 2.24) is 0 Å². The van der Waals surface area contributed by atoms with Crippen molar-refractivity contribution < 1.29 is 4.52 Å². The topological polar surface area (TPSA) is 9.23 Å². The van der Waals surface area contributed by atoms with Crippen LogP contribution in [0.5, 0.6) is 0 Å². The predicted molar refractivity (Wildman–Crippen MR) is 35.8 cm³/mol. The van der Waals surface area contributed by atoms with E-state index in [1.54, 1.807) is 0 Å². The lowest BCUT2D eigenvalue weighted by Gasteiger charge is -1.75.